The van der Waals surface area contributed by atoms with Crippen molar-refractivity contribution in [2.45, 2.75) is 31.3 Å². The quantitative estimate of drug-likeness (QED) is 0.874. The molecule has 7 heteroatoms. The van der Waals surface area contributed by atoms with E-state index >= 15 is 0 Å². The first kappa shape index (κ1) is 15.5. The molecule has 0 atom stereocenters. The van der Waals surface area contributed by atoms with Crippen LogP contribution in [0, 0.1) is 0 Å². The van der Waals surface area contributed by atoms with Crippen molar-refractivity contribution in [2.24, 2.45) is 0 Å². The number of hydrogen-bond donors (Lipinski definition) is 1. The maximum absolute atomic E-state index is 12.6. The summed E-state index contributed by atoms with van der Waals surface area (Å²) in [6.45, 7) is 6.53. The van der Waals surface area contributed by atoms with Gasteiger partial charge in [0.25, 0.3) is 0 Å². The van der Waals surface area contributed by atoms with Gasteiger partial charge in [0.1, 0.15) is 4.90 Å². The Balaban J connectivity index is 2.33. The molecular weight excluding hydrogens is 278 g/mol. The van der Waals surface area contributed by atoms with Crippen LogP contribution in [0.2, 0.25) is 0 Å². The van der Waals surface area contributed by atoms with Crippen molar-refractivity contribution in [2.75, 3.05) is 33.4 Å². The van der Waals surface area contributed by atoms with Crippen LogP contribution in [0.1, 0.15) is 25.6 Å². The molecule has 0 aromatic carbocycles. The lowest BCUT2D eigenvalue weighted by molar-refractivity contribution is 0.0730. The monoisotopic (exact) mass is 301 g/mol. The van der Waals surface area contributed by atoms with Gasteiger partial charge in [-0.1, -0.05) is 0 Å². The van der Waals surface area contributed by atoms with Gasteiger partial charge in [0.15, 0.2) is 0 Å². The maximum Gasteiger partial charge on any atom is 0.244 e. The first-order valence-electron chi connectivity index (χ1n) is 6.90. The van der Waals surface area contributed by atoms with Gasteiger partial charge in [0.05, 0.1) is 13.2 Å². The predicted molar refractivity (Wildman–Crippen MR) is 77.2 cm³/mol. The second kappa shape index (κ2) is 6.26. The van der Waals surface area contributed by atoms with E-state index in [0.717, 1.165) is 5.69 Å². The largest absolute Gasteiger partial charge is 0.379 e. The van der Waals surface area contributed by atoms with Crippen molar-refractivity contribution in [3.8, 4) is 0 Å². The highest BCUT2D eigenvalue weighted by Crippen LogP contribution is 2.22. The molecule has 1 fully saturated rings. The SMILES string of the molecule is CNCc1cc(S(=O)(=O)N2CCOCC2)cn1C(C)C. The van der Waals surface area contributed by atoms with E-state index in [4.69, 9.17) is 4.74 Å². The minimum Gasteiger partial charge on any atom is -0.379 e. The Kier molecular flexibility index (Phi) is 4.85. The van der Waals surface area contributed by atoms with Crippen LogP contribution in [0.25, 0.3) is 0 Å². The minimum atomic E-state index is -3.41. The number of hydrogen-bond acceptors (Lipinski definition) is 4. The number of morpholine rings is 1. The van der Waals surface area contributed by atoms with Crippen LogP contribution in [0.3, 0.4) is 0 Å². The van der Waals surface area contributed by atoms with Crippen molar-refractivity contribution in [1.82, 2.24) is 14.2 Å². The van der Waals surface area contributed by atoms with Crippen LogP contribution in [-0.4, -0.2) is 50.6 Å². The zero-order valence-electron chi connectivity index (χ0n) is 12.3. The number of sulfonamides is 1. The van der Waals surface area contributed by atoms with Gasteiger partial charge >= 0.3 is 0 Å². The molecule has 20 heavy (non-hydrogen) atoms. The molecule has 1 aromatic heterocycles. The fourth-order valence-corrected chi connectivity index (χ4v) is 3.84. The molecule has 114 valence electrons. The summed E-state index contributed by atoms with van der Waals surface area (Å²) < 4.78 is 34.0. The molecule has 1 aliphatic rings. The zero-order chi connectivity index (χ0) is 14.8. The molecule has 0 spiro atoms. The highest BCUT2D eigenvalue weighted by molar-refractivity contribution is 7.89. The Labute approximate surface area is 120 Å². The molecule has 1 aromatic rings. The summed E-state index contributed by atoms with van der Waals surface area (Å²) in [5, 5.41) is 3.07. The first-order chi connectivity index (χ1) is 9.46. The van der Waals surface area contributed by atoms with Gasteiger partial charge < -0.3 is 14.6 Å². The first-order valence-corrected chi connectivity index (χ1v) is 8.34. The van der Waals surface area contributed by atoms with E-state index in [2.05, 4.69) is 5.32 Å². The number of ether oxygens (including phenoxy) is 1. The summed E-state index contributed by atoms with van der Waals surface area (Å²) in [5.41, 5.74) is 0.981. The molecule has 0 unspecified atom stereocenters. The van der Waals surface area contributed by atoms with E-state index in [1.807, 2.05) is 25.5 Å². The minimum absolute atomic E-state index is 0.229. The molecule has 1 N–H and O–H groups in total. The van der Waals surface area contributed by atoms with E-state index in [1.165, 1.54) is 4.31 Å². The van der Waals surface area contributed by atoms with Crippen molar-refractivity contribution in [3.63, 3.8) is 0 Å². The Morgan fingerprint density at radius 2 is 2.00 bits per heavy atom. The third kappa shape index (κ3) is 3.06. The van der Waals surface area contributed by atoms with Gasteiger partial charge in [-0.25, -0.2) is 8.42 Å². The third-order valence-electron chi connectivity index (χ3n) is 3.43. The Bertz CT molecular complexity index is 545. The van der Waals surface area contributed by atoms with Gasteiger partial charge in [-0.05, 0) is 27.0 Å². The average molecular weight is 301 g/mol. The molecule has 1 saturated heterocycles. The van der Waals surface area contributed by atoms with Gasteiger partial charge in [-0.2, -0.15) is 4.31 Å². The second-order valence-corrected chi connectivity index (χ2v) is 7.15. The molecule has 0 radical (unpaired) electrons. The van der Waals surface area contributed by atoms with Crippen molar-refractivity contribution in [1.29, 1.82) is 0 Å². The molecule has 0 saturated carbocycles. The van der Waals surface area contributed by atoms with E-state index in [9.17, 15) is 8.42 Å². The van der Waals surface area contributed by atoms with E-state index in [0.29, 0.717) is 37.7 Å². The van der Waals surface area contributed by atoms with Crippen LogP contribution in [0.5, 0.6) is 0 Å². The zero-order valence-corrected chi connectivity index (χ0v) is 13.1. The number of aromatic nitrogens is 1. The number of nitrogens with zero attached hydrogens (tertiary/aromatic N) is 2. The summed E-state index contributed by atoms with van der Waals surface area (Å²) in [4.78, 5) is 0.373. The van der Waals surface area contributed by atoms with E-state index in [-0.39, 0.29) is 6.04 Å². The lowest BCUT2D eigenvalue weighted by Gasteiger charge is -2.25. The molecular formula is C13H23N3O3S. The summed E-state index contributed by atoms with van der Waals surface area (Å²) in [5.74, 6) is 0. The van der Waals surface area contributed by atoms with Crippen LogP contribution in [0.15, 0.2) is 17.2 Å². The fourth-order valence-electron chi connectivity index (χ4n) is 2.38. The van der Waals surface area contributed by atoms with Crippen LogP contribution < -0.4 is 5.32 Å². The topological polar surface area (TPSA) is 63.6 Å². The summed E-state index contributed by atoms with van der Waals surface area (Å²) in [7, 11) is -1.56. The number of nitrogens with one attached hydrogen (secondary N) is 1. The molecule has 2 heterocycles. The summed E-state index contributed by atoms with van der Waals surface area (Å²) in [6, 6.07) is 1.99. The van der Waals surface area contributed by atoms with Crippen LogP contribution >= 0.6 is 0 Å². The van der Waals surface area contributed by atoms with E-state index in [1.54, 1.807) is 12.3 Å². The summed E-state index contributed by atoms with van der Waals surface area (Å²) in [6.07, 6.45) is 1.74. The molecule has 0 aliphatic carbocycles. The van der Waals surface area contributed by atoms with E-state index < -0.39 is 10.0 Å². The normalized spacial score (nSPS) is 17.8. The van der Waals surface area contributed by atoms with Gasteiger partial charge in [0.2, 0.25) is 10.0 Å². The molecule has 0 bridgehead atoms. The predicted octanol–water partition coefficient (Wildman–Crippen LogP) is 0.809. The van der Waals surface area contributed by atoms with Crippen LogP contribution in [-0.2, 0) is 21.3 Å². The Morgan fingerprint density at radius 3 is 2.55 bits per heavy atom. The maximum atomic E-state index is 12.6. The average Bonchev–Trinajstić information content (AvgIpc) is 2.85. The molecule has 6 nitrogen and oxygen atoms in total. The third-order valence-corrected chi connectivity index (χ3v) is 5.29. The highest BCUT2D eigenvalue weighted by atomic mass is 32.2. The number of rotatable bonds is 5. The van der Waals surface area contributed by atoms with Gasteiger partial charge in [-0.15, -0.1) is 0 Å². The standard InChI is InChI=1S/C13H23N3O3S/c1-11(2)16-10-13(8-12(16)9-14-3)20(17,18)15-4-6-19-7-5-15/h8,10-11,14H,4-7,9H2,1-3H3. The van der Waals surface area contributed by atoms with Gasteiger partial charge in [0, 0.05) is 37.6 Å². The highest BCUT2D eigenvalue weighted by Gasteiger charge is 2.28. The molecule has 1 aliphatic heterocycles. The lowest BCUT2D eigenvalue weighted by Crippen LogP contribution is -2.40. The smallest absolute Gasteiger partial charge is 0.244 e. The van der Waals surface area contributed by atoms with Crippen LogP contribution in [0.4, 0.5) is 0 Å². The second-order valence-electron chi connectivity index (χ2n) is 5.21. The van der Waals surface area contributed by atoms with Crippen molar-refractivity contribution >= 4 is 10.0 Å². The summed E-state index contributed by atoms with van der Waals surface area (Å²) >= 11 is 0. The van der Waals surface area contributed by atoms with Crippen molar-refractivity contribution < 1.29 is 13.2 Å². The Hall–Kier alpha value is -0.890. The fraction of sp³-hybridized carbons (Fsp3) is 0.692. The Morgan fingerprint density at radius 1 is 1.35 bits per heavy atom. The molecule has 0 amide bonds. The molecule has 2 rings (SSSR count). The lowest BCUT2D eigenvalue weighted by atomic mass is 10.3. The van der Waals surface area contributed by atoms with Gasteiger partial charge in [-0.3, -0.25) is 0 Å². The van der Waals surface area contributed by atoms with Crippen molar-refractivity contribution in [3.05, 3.63) is 18.0 Å².